The Kier molecular flexibility index (Phi) is 2.68. The van der Waals surface area contributed by atoms with E-state index in [1.807, 2.05) is 0 Å². The summed E-state index contributed by atoms with van der Waals surface area (Å²) in [6.07, 6.45) is 0. The number of carbonyl (C=O) groups is 1. The zero-order valence-corrected chi connectivity index (χ0v) is 6.95. The van der Waals surface area contributed by atoms with Crippen LogP contribution in [0.2, 0.25) is 0 Å². The van der Waals surface area contributed by atoms with Crippen LogP contribution in [0.3, 0.4) is 0 Å². The lowest BCUT2D eigenvalue weighted by atomic mass is 10.1. The summed E-state index contributed by atoms with van der Waals surface area (Å²) in [6, 6.07) is 6.45. The van der Waals surface area contributed by atoms with Gasteiger partial charge >= 0.3 is 0 Å². The van der Waals surface area contributed by atoms with Crippen LogP contribution in [0.5, 0.6) is 0 Å². The number of benzene rings is 1. The molecule has 0 heterocycles. The smallest absolute Gasteiger partial charge is 0.208 e. The Labute approximate surface area is 74.8 Å². The van der Waals surface area contributed by atoms with E-state index in [2.05, 4.69) is 0 Å². The van der Waals surface area contributed by atoms with Crippen molar-refractivity contribution < 1.29 is 9.90 Å². The number of nitrogen functional groups attached to an aromatic ring is 1. The van der Waals surface area contributed by atoms with E-state index in [9.17, 15) is 4.79 Å². The molecule has 0 aromatic heterocycles. The minimum atomic E-state index is -1.52. The van der Waals surface area contributed by atoms with Gasteiger partial charge in [-0.05, 0) is 12.1 Å². The molecule has 3 N–H and O–H groups in total. The fraction of sp³-hybridized carbons (Fsp3) is 0.125. The lowest BCUT2D eigenvalue weighted by molar-refractivity contribution is 0.0861. The second-order valence-corrected chi connectivity index (χ2v) is 2.70. The molecule has 0 fully saturated rings. The summed E-state index contributed by atoms with van der Waals surface area (Å²) in [7, 11) is 0. The Bertz CT molecular complexity index is 299. The average Bonchev–Trinajstić information content (AvgIpc) is 2.04. The van der Waals surface area contributed by atoms with Crippen LogP contribution in [0.25, 0.3) is 0 Å². The fourth-order valence-electron chi connectivity index (χ4n) is 0.850. The number of para-hydroxylation sites is 1. The normalized spacial score (nSPS) is 12.5. The summed E-state index contributed by atoms with van der Waals surface area (Å²) in [6.45, 7) is 0. The van der Waals surface area contributed by atoms with E-state index >= 15 is 0 Å². The fourth-order valence-corrected chi connectivity index (χ4v) is 0.967. The van der Waals surface area contributed by atoms with Crippen LogP contribution in [-0.2, 0) is 0 Å². The number of carbonyl (C=O) groups excluding carboxylic acids is 1. The highest BCUT2D eigenvalue weighted by atomic mass is 35.5. The monoisotopic (exact) mass is 185 g/mol. The molecular weight excluding hydrogens is 178 g/mol. The third kappa shape index (κ3) is 1.75. The zero-order chi connectivity index (χ0) is 9.14. The maximum Gasteiger partial charge on any atom is 0.208 e. The topological polar surface area (TPSA) is 63.3 Å². The predicted octanol–water partition coefficient (Wildman–Crippen LogP) is 1.01. The molecule has 12 heavy (non-hydrogen) atoms. The quantitative estimate of drug-likeness (QED) is 0.411. The van der Waals surface area contributed by atoms with Gasteiger partial charge in [0, 0.05) is 11.3 Å². The van der Waals surface area contributed by atoms with Crippen molar-refractivity contribution in [2.24, 2.45) is 0 Å². The van der Waals surface area contributed by atoms with E-state index in [0.29, 0.717) is 5.69 Å². The van der Waals surface area contributed by atoms with Crippen molar-refractivity contribution >= 4 is 23.1 Å². The lowest BCUT2D eigenvalue weighted by Gasteiger charge is -2.03. The highest BCUT2D eigenvalue weighted by Crippen LogP contribution is 2.13. The summed E-state index contributed by atoms with van der Waals surface area (Å²) in [5.41, 5.74) is 4.52. The van der Waals surface area contributed by atoms with Gasteiger partial charge in [-0.3, -0.25) is 4.79 Å². The van der Waals surface area contributed by atoms with Gasteiger partial charge < -0.3 is 10.8 Å². The number of anilines is 1. The third-order valence-electron chi connectivity index (χ3n) is 1.44. The van der Waals surface area contributed by atoms with Gasteiger partial charge in [-0.25, -0.2) is 0 Å². The van der Waals surface area contributed by atoms with E-state index in [0.717, 1.165) is 0 Å². The van der Waals surface area contributed by atoms with Crippen molar-refractivity contribution in [3.63, 3.8) is 0 Å². The Balaban J connectivity index is 3.03. The SMILES string of the molecule is Nc1ccccc1C(=O)C(O)Cl. The minimum Gasteiger partial charge on any atom is -0.398 e. The molecule has 0 amide bonds. The van der Waals surface area contributed by atoms with Crippen molar-refractivity contribution in [3.8, 4) is 0 Å². The van der Waals surface area contributed by atoms with Gasteiger partial charge in [0.25, 0.3) is 0 Å². The summed E-state index contributed by atoms with van der Waals surface area (Å²) in [4.78, 5) is 11.1. The molecule has 0 aliphatic heterocycles. The molecule has 64 valence electrons. The molecular formula is C8H8ClNO2. The summed E-state index contributed by atoms with van der Waals surface area (Å²) >= 11 is 5.19. The predicted molar refractivity (Wildman–Crippen MR) is 47.0 cm³/mol. The number of aliphatic hydroxyl groups excluding tert-OH is 1. The van der Waals surface area contributed by atoms with Crippen molar-refractivity contribution in [2.75, 3.05) is 5.73 Å². The number of hydrogen-bond donors (Lipinski definition) is 2. The molecule has 0 bridgehead atoms. The molecule has 0 saturated heterocycles. The summed E-state index contributed by atoms with van der Waals surface area (Å²) in [5, 5.41) is 8.76. The molecule has 1 atom stereocenters. The van der Waals surface area contributed by atoms with Gasteiger partial charge in [-0.15, -0.1) is 0 Å². The summed E-state index contributed by atoms with van der Waals surface area (Å²) in [5.74, 6) is -0.574. The Morgan fingerprint density at radius 3 is 2.58 bits per heavy atom. The number of halogens is 1. The molecule has 1 rings (SSSR count). The minimum absolute atomic E-state index is 0.250. The van der Waals surface area contributed by atoms with Crippen molar-refractivity contribution in [1.82, 2.24) is 0 Å². The van der Waals surface area contributed by atoms with Crippen LogP contribution in [0, 0.1) is 0 Å². The average molecular weight is 186 g/mol. The lowest BCUT2D eigenvalue weighted by Crippen LogP contribution is -2.15. The van der Waals surface area contributed by atoms with Gasteiger partial charge in [-0.2, -0.15) is 0 Å². The Morgan fingerprint density at radius 2 is 2.08 bits per heavy atom. The van der Waals surface area contributed by atoms with Gasteiger partial charge in [0.1, 0.15) is 0 Å². The van der Waals surface area contributed by atoms with Crippen molar-refractivity contribution in [1.29, 1.82) is 0 Å². The van der Waals surface area contributed by atoms with E-state index in [1.165, 1.54) is 6.07 Å². The second kappa shape index (κ2) is 3.56. The molecule has 1 aromatic rings. The molecule has 4 heteroatoms. The summed E-state index contributed by atoms with van der Waals surface area (Å²) < 4.78 is 0. The van der Waals surface area contributed by atoms with Gasteiger partial charge in [0.2, 0.25) is 5.78 Å². The third-order valence-corrected chi connectivity index (χ3v) is 1.64. The maximum absolute atomic E-state index is 11.1. The van der Waals surface area contributed by atoms with Crippen LogP contribution in [0.1, 0.15) is 10.4 Å². The maximum atomic E-state index is 11.1. The van der Waals surface area contributed by atoms with Gasteiger partial charge in [0.05, 0.1) is 0 Å². The van der Waals surface area contributed by atoms with Crippen molar-refractivity contribution in [2.45, 2.75) is 5.56 Å². The van der Waals surface area contributed by atoms with Crippen LogP contribution >= 0.6 is 11.6 Å². The Hall–Kier alpha value is -1.06. The highest BCUT2D eigenvalue weighted by Gasteiger charge is 2.15. The number of ketones is 1. The first kappa shape index (κ1) is 9.03. The number of hydrogen-bond acceptors (Lipinski definition) is 3. The first-order chi connectivity index (χ1) is 5.63. The molecule has 1 unspecified atom stereocenters. The van der Waals surface area contributed by atoms with Crippen LogP contribution < -0.4 is 5.73 Å². The van der Waals surface area contributed by atoms with Crippen LogP contribution in [0.15, 0.2) is 24.3 Å². The van der Waals surface area contributed by atoms with E-state index < -0.39 is 11.3 Å². The number of rotatable bonds is 2. The first-order valence-electron chi connectivity index (χ1n) is 3.34. The van der Waals surface area contributed by atoms with Crippen molar-refractivity contribution in [3.05, 3.63) is 29.8 Å². The standard InChI is InChI=1S/C8H8ClNO2/c9-8(12)7(11)5-3-1-2-4-6(5)10/h1-4,8,12H,10H2. The molecule has 0 aliphatic rings. The van der Waals surface area contributed by atoms with Crippen LogP contribution in [-0.4, -0.2) is 16.5 Å². The van der Waals surface area contributed by atoms with E-state index in [1.54, 1.807) is 18.2 Å². The molecule has 0 spiro atoms. The largest absolute Gasteiger partial charge is 0.398 e. The molecule has 0 saturated carbocycles. The zero-order valence-electron chi connectivity index (χ0n) is 6.20. The number of Topliss-reactive ketones (excluding diaryl/α,β-unsaturated/α-hetero) is 1. The van der Waals surface area contributed by atoms with E-state index in [-0.39, 0.29) is 5.56 Å². The molecule has 0 aliphatic carbocycles. The Morgan fingerprint density at radius 1 is 1.50 bits per heavy atom. The molecule has 0 radical (unpaired) electrons. The number of aliphatic hydroxyl groups is 1. The molecule has 3 nitrogen and oxygen atoms in total. The second-order valence-electron chi connectivity index (χ2n) is 2.29. The molecule has 1 aromatic carbocycles. The van der Waals surface area contributed by atoms with Crippen LogP contribution in [0.4, 0.5) is 5.69 Å². The van der Waals surface area contributed by atoms with Gasteiger partial charge in [-0.1, -0.05) is 23.7 Å². The van der Waals surface area contributed by atoms with Gasteiger partial charge in [0.15, 0.2) is 5.56 Å². The first-order valence-corrected chi connectivity index (χ1v) is 3.77. The van der Waals surface area contributed by atoms with E-state index in [4.69, 9.17) is 22.4 Å². The number of alkyl halides is 1. The number of nitrogens with two attached hydrogens (primary N) is 1. The highest BCUT2D eigenvalue weighted by molar-refractivity contribution is 6.33.